The molecule has 1 saturated carbocycles. The van der Waals surface area contributed by atoms with Crippen LogP contribution in [0.3, 0.4) is 0 Å². The maximum Gasteiger partial charge on any atom is 0.230 e. The number of anilines is 1. The van der Waals surface area contributed by atoms with E-state index in [2.05, 4.69) is 26.8 Å². The van der Waals surface area contributed by atoms with E-state index in [1.54, 1.807) is 0 Å². The Morgan fingerprint density at radius 3 is 2.31 bits per heavy atom. The van der Waals surface area contributed by atoms with Crippen molar-refractivity contribution in [3.8, 4) is 0 Å². The Labute approximate surface area is 105 Å². The van der Waals surface area contributed by atoms with Crippen LogP contribution in [0.4, 0.5) is 5.95 Å². The maximum atomic E-state index is 5.77. The van der Waals surface area contributed by atoms with Crippen molar-refractivity contribution in [1.82, 2.24) is 15.0 Å². The fraction of sp³-hybridized carbons (Fsp3) is 0.700. The van der Waals surface area contributed by atoms with Gasteiger partial charge >= 0.3 is 0 Å². The minimum absolute atomic E-state index is 0.159. The van der Waals surface area contributed by atoms with Gasteiger partial charge in [-0.15, -0.1) is 0 Å². The average molecular weight is 261 g/mol. The predicted octanol–water partition coefficient (Wildman–Crippen LogP) is 2.80. The van der Waals surface area contributed by atoms with E-state index in [0.29, 0.717) is 5.95 Å². The normalized spacial score (nSPS) is 15.2. The van der Waals surface area contributed by atoms with Crippen LogP contribution in [0.2, 0.25) is 10.6 Å². The molecule has 1 fully saturated rings. The fourth-order valence-corrected chi connectivity index (χ4v) is 1.97. The monoisotopic (exact) mass is 260 g/mol. The lowest BCUT2D eigenvalue weighted by Crippen LogP contribution is -2.28. The van der Waals surface area contributed by atoms with Gasteiger partial charge in [0.05, 0.1) is 0 Å². The van der Waals surface area contributed by atoms with Crippen molar-refractivity contribution in [1.29, 1.82) is 0 Å². The van der Waals surface area contributed by atoms with Crippen molar-refractivity contribution in [3.05, 3.63) is 10.6 Å². The molecule has 0 amide bonds. The first-order chi connectivity index (χ1) is 7.69. The molecule has 0 unspecified atom stereocenters. The molecule has 1 heterocycles. The molecule has 0 saturated heterocycles. The Kier molecular flexibility index (Phi) is 3.82. The molecule has 6 heteroatoms. The second-order valence-electron chi connectivity index (χ2n) is 4.06. The van der Waals surface area contributed by atoms with E-state index in [1.807, 2.05) is 0 Å². The topological polar surface area (TPSA) is 41.9 Å². The van der Waals surface area contributed by atoms with Crippen molar-refractivity contribution >= 4 is 29.2 Å². The molecule has 0 radical (unpaired) electrons. The quantitative estimate of drug-likeness (QED) is 0.817. The van der Waals surface area contributed by atoms with Gasteiger partial charge in [-0.25, -0.2) is 0 Å². The Morgan fingerprint density at radius 2 is 1.81 bits per heavy atom. The number of halogens is 2. The SMILES string of the molecule is CCCN(CC1CC1)c1nc(Cl)nc(Cl)n1. The number of nitrogens with zero attached hydrogens (tertiary/aromatic N) is 4. The van der Waals surface area contributed by atoms with Gasteiger partial charge in [0.2, 0.25) is 16.5 Å². The molecule has 1 aliphatic carbocycles. The van der Waals surface area contributed by atoms with Crippen LogP contribution in [-0.4, -0.2) is 28.0 Å². The largest absolute Gasteiger partial charge is 0.340 e. The highest BCUT2D eigenvalue weighted by Crippen LogP contribution is 2.31. The first-order valence-corrected chi connectivity index (χ1v) is 6.26. The minimum Gasteiger partial charge on any atom is -0.340 e. The van der Waals surface area contributed by atoms with Gasteiger partial charge in [-0.05, 0) is 48.4 Å². The van der Waals surface area contributed by atoms with E-state index >= 15 is 0 Å². The summed E-state index contributed by atoms with van der Waals surface area (Å²) < 4.78 is 0. The van der Waals surface area contributed by atoms with E-state index in [0.717, 1.165) is 25.4 Å². The standard InChI is InChI=1S/C10H14Cl2N4/c1-2-5-16(6-7-3-4-7)10-14-8(11)13-9(12)15-10/h7H,2-6H2,1H3. The van der Waals surface area contributed by atoms with E-state index in [-0.39, 0.29) is 10.6 Å². The fourth-order valence-electron chi connectivity index (χ4n) is 1.61. The summed E-state index contributed by atoms with van der Waals surface area (Å²) in [5.74, 6) is 1.37. The lowest BCUT2D eigenvalue weighted by molar-refractivity contribution is 0.685. The molecule has 1 aromatic heterocycles. The average Bonchev–Trinajstić information content (AvgIpc) is 2.99. The lowest BCUT2D eigenvalue weighted by atomic mass is 10.3. The Bertz CT molecular complexity index is 348. The van der Waals surface area contributed by atoms with Crippen molar-refractivity contribution < 1.29 is 0 Å². The molecule has 0 spiro atoms. The number of aromatic nitrogens is 3. The molecule has 4 nitrogen and oxygen atoms in total. The maximum absolute atomic E-state index is 5.77. The summed E-state index contributed by atoms with van der Waals surface area (Å²) in [6.45, 7) is 4.04. The molecule has 1 aliphatic rings. The second-order valence-corrected chi connectivity index (χ2v) is 4.74. The molecule has 0 atom stereocenters. The van der Waals surface area contributed by atoms with Crippen molar-refractivity contribution in [3.63, 3.8) is 0 Å². The third-order valence-electron chi connectivity index (χ3n) is 2.52. The van der Waals surface area contributed by atoms with Crippen molar-refractivity contribution in [2.45, 2.75) is 26.2 Å². The van der Waals surface area contributed by atoms with Gasteiger partial charge in [0, 0.05) is 13.1 Å². The van der Waals surface area contributed by atoms with Gasteiger partial charge in [-0.3, -0.25) is 0 Å². The third-order valence-corrected chi connectivity index (χ3v) is 2.86. The summed E-state index contributed by atoms with van der Waals surface area (Å²) in [6.07, 6.45) is 3.65. The molecule has 2 rings (SSSR count). The highest BCUT2D eigenvalue weighted by molar-refractivity contribution is 6.31. The van der Waals surface area contributed by atoms with Gasteiger partial charge in [0.25, 0.3) is 0 Å². The highest BCUT2D eigenvalue weighted by Gasteiger charge is 2.25. The van der Waals surface area contributed by atoms with E-state index in [1.165, 1.54) is 12.8 Å². The molecular weight excluding hydrogens is 247 g/mol. The molecule has 0 aliphatic heterocycles. The lowest BCUT2D eigenvalue weighted by Gasteiger charge is -2.21. The summed E-state index contributed by atoms with van der Waals surface area (Å²) in [5, 5.41) is 0.318. The first-order valence-electron chi connectivity index (χ1n) is 5.51. The van der Waals surface area contributed by atoms with Crippen LogP contribution in [0.5, 0.6) is 0 Å². The summed E-state index contributed by atoms with van der Waals surface area (Å²) in [4.78, 5) is 14.1. The zero-order chi connectivity index (χ0) is 11.5. The summed E-state index contributed by atoms with van der Waals surface area (Å²) in [7, 11) is 0. The zero-order valence-electron chi connectivity index (χ0n) is 9.16. The van der Waals surface area contributed by atoms with Crippen molar-refractivity contribution in [2.75, 3.05) is 18.0 Å². The number of rotatable bonds is 5. The van der Waals surface area contributed by atoms with Gasteiger partial charge < -0.3 is 4.90 Å². The Balaban J connectivity index is 2.15. The van der Waals surface area contributed by atoms with Crippen LogP contribution in [0.15, 0.2) is 0 Å². The minimum atomic E-state index is 0.159. The molecule has 0 aromatic carbocycles. The van der Waals surface area contributed by atoms with Crippen LogP contribution in [0.25, 0.3) is 0 Å². The first kappa shape index (κ1) is 11.9. The summed E-state index contributed by atoms with van der Waals surface area (Å²) >= 11 is 11.5. The second kappa shape index (κ2) is 5.15. The predicted molar refractivity (Wildman–Crippen MR) is 65.1 cm³/mol. The van der Waals surface area contributed by atoms with Crippen LogP contribution in [0.1, 0.15) is 26.2 Å². The van der Waals surface area contributed by atoms with E-state index in [4.69, 9.17) is 23.2 Å². The van der Waals surface area contributed by atoms with Gasteiger partial charge in [0.15, 0.2) is 0 Å². The summed E-state index contributed by atoms with van der Waals surface area (Å²) in [5.41, 5.74) is 0. The number of hydrogen-bond donors (Lipinski definition) is 0. The molecule has 0 bridgehead atoms. The highest BCUT2D eigenvalue weighted by atomic mass is 35.5. The third kappa shape index (κ3) is 3.19. The molecule has 88 valence electrons. The van der Waals surface area contributed by atoms with Crippen LogP contribution in [0, 0.1) is 5.92 Å². The Morgan fingerprint density at radius 1 is 1.19 bits per heavy atom. The van der Waals surface area contributed by atoms with Gasteiger partial charge in [0.1, 0.15) is 0 Å². The van der Waals surface area contributed by atoms with Gasteiger partial charge in [-0.1, -0.05) is 6.92 Å². The zero-order valence-corrected chi connectivity index (χ0v) is 10.7. The van der Waals surface area contributed by atoms with Crippen LogP contribution in [-0.2, 0) is 0 Å². The number of hydrogen-bond acceptors (Lipinski definition) is 4. The van der Waals surface area contributed by atoms with Crippen LogP contribution >= 0.6 is 23.2 Å². The van der Waals surface area contributed by atoms with E-state index < -0.39 is 0 Å². The van der Waals surface area contributed by atoms with E-state index in [9.17, 15) is 0 Å². The molecule has 1 aromatic rings. The smallest absolute Gasteiger partial charge is 0.230 e. The van der Waals surface area contributed by atoms with Gasteiger partial charge in [-0.2, -0.15) is 15.0 Å². The molecular formula is C10H14Cl2N4. The summed E-state index contributed by atoms with van der Waals surface area (Å²) in [6, 6.07) is 0. The molecule has 16 heavy (non-hydrogen) atoms. The molecule has 0 N–H and O–H groups in total. The van der Waals surface area contributed by atoms with Crippen molar-refractivity contribution in [2.24, 2.45) is 5.92 Å². The Hall–Kier alpha value is -0.610. The van der Waals surface area contributed by atoms with Crippen LogP contribution < -0.4 is 4.90 Å².